The second-order valence-corrected chi connectivity index (χ2v) is 7.63. The molecule has 0 spiro atoms. The maximum Gasteiger partial charge on any atom is 0.258 e. The number of carbonyl (C=O) groups is 1. The summed E-state index contributed by atoms with van der Waals surface area (Å²) in [6.07, 6.45) is 0. The molecule has 3 heterocycles. The molecule has 158 valence electrons. The fraction of sp³-hybridized carbons (Fsp3) is 0.227. The van der Waals surface area contributed by atoms with Gasteiger partial charge in [0.15, 0.2) is 17.3 Å². The number of carbonyl (C=O) groups excluding carboxylic acids is 1. The molecule has 0 bridgehead atoms. The van der Waals surface area contributed by atoms with Crippen molar-refractivity contribution in [3.63, 3.8) is 0 Å². The predicted octanol–water partition coefficient (Wildman–Crippen LogP) is 3.63. The minimum absolute atomic E-state index is 0.0783. The Balaban J connectivity index is 1.25. The number of hydrogen-bond acceptors (Lipinski definition) is 6. The van der Waals surface area contributed by atoms with Crippen molar-refractivity contribution in [3.8, 4) is 22.8 Å². The topological polar surface area (TPSA) is 67.8 Å². The number of benzene rings is 2. The van der Waals surface area contributed by atoms with Gasteiger partial charge < -0.3 is 19.3 Å². The molecule has 0 N–H and O–H groups in total. The summed E-state index contributed by atoms with van der Waals surface area (Å²) in [7, 11) is 0. The lowest BCUT2D eigenvalue weighted by atomic mass is 10.1. The minimum Gasteiger partial charge on any atom is -0.454 e. The van der Waals surface area contributed by atoms with E-state index in [0.717, 1.165) is 22.8 Å². The average Bonchev–Trinajstić information content (AvgIpc) is 3.27. The van der Waals surface area contributed by atoms with Gasteiger partial charge in [0, 0.05) is 31.7 Å². The van der Waals surface area contributed by atoms with E-state index in [0.29, 0.717) is 31.9 Å². The number of amides is 1. The maximum atomic E-state index is 14.1. The van der Waals surface area contributed by atoms with E-state index >= 15 is 0 Å². The molecule has 0 atom stereocenters. The third-order valence-electron chi connectivity index (χ3n) is 5.39. The van der Waals surface area contributed by atoms with Crippen LogP contribution < -0.4 is 14.4 Å². The van der Waals surface area contributed by atoms with Crippen molar-refractivity contribution < 1.29 is 18.7 Å². The number of hydrogen-bond donors (Lipinski definition) is 0. The molecule has 5 rings (SSSR count). The Bertz CT molecular complexity index is 1110. The first-order valence-electron chi connectivity index (χ1n) is 9.82. The zero-order valence-electron chi connectivity index (χ0n) is 16.4. The van der Waals surface area contributed by atoms with Gasteiger partial charge in [-0.3, -0.25) is 4.79 Å². The monoisotopic (exact) mass is 440 g/mol. The molecular weight excluding hydrogens is 423 g/mol. The fourth-order valence-electron chi connectivity index (χ4n) is 3.70. The van der Waals surface area contributed by atoms with Gasteiger partial charge in [0.25, 0.3) is 5.91 Å². The highest BCUT2D eigenvalue weighted by atomic mass is 35.5. The molecule has 1 fully saturated rings. The summed E-state index contributed by atoms with van der Waals surface area (Å²) in [5.74, 6) is 1.13. The van der Waals surface area contributed by atoms with Crippen molar-refractivity contribution in [1.82, 2.24) is 15.1 Å². The first-order chi connectivity index (χ1) is 15.1. The van der Waals surface area contributed by atoms with Crippen LogP contribution in [0.1, 0.15) is 10.4 Å². The van der Waals surface area contributed by atoms with E-state index in [2.05, 4.69) is 10.2 Å². The van der Waals surface area contributed by atoms with Crippen LogP contribution in [0.25, 0.3) is 11.3 Å². The molecule has 2 aliphatic rings. The van der Waals surface area contributed by atoms with E-state index < -0.39 is 11.7 Å². The van der Waals surface area contributed by atoms with Crippen molar-refractivity contribution in [2.75, 3.05) is 37.9 Å². The number of rotatable bonds is 3. The van der Waals surface area contributed by atoms with Gasteiger partial charge in [0.1, 0.15) is 5.82 Å². The van der Waals surface area contributed by atoms with Crippen molar-refractivity contribution in [1.29, 1.82) is 0 Å². The molecule has 31 heavy (non-hydrogen) atoms. The quantitative estimate of drug-likeness (QED) is 0.619. The zero-order valence-corrected chi connectivity index (χ0v) is 17.2. The van der Waals surface area contributed by atoms with Crippen LogP contribution >= 0.6 is 11.6 Å². The summed E-state index contributed by atoms with van der Waals surface area (Å²) in [4.78, 5) is 16.4. The number of fused-ring (bicyclic) bond motifs is 1. The van der Waals surface area contributed by atoms with Crippen LogP contribution in [0.5, 0.6) is 11.5 Å². The number of halogens is 2. The van der Waals surface area contributed by atoms with Gasteiger partial charge in [-0.1, -0.05) is 17.7 Å². The van der Waals surface area contributed by atoms with Crippen LogP contribution in [-0.2, 0) is 0 Å². The van der Waals surface area contributed by atoms with Gasteiger partial charge in [0.05, 0.1) is 16.3 Å². The molecular formula is C22H18ClFN4O3. The molecule has 1 aromatic heterocycles. The van der Waals surface area contributed by atoms with Crippen LogP contribution in [0.4, 0.5) is 10.2 Å². The standard InChI is InChI=1S/C22H18ClFN4O3/c23-15-2-1-3-16(24)21(15)22(29)28-10-8-27(9-11-28)20-7-5-17(25-26-20)14-4-6-18-19(12-14)31-13-30-18/h1-7,12H,8-11,13H2. The number of aromatic nitrogens is 2. The van der Waals surface area contributed by atoms with Crippen LogP contribution in [0, 0.1) is 5.82 Å². The number of anilines is 1. The Morgan fingerprint density at radius 2 is 1.77 bits per heavy atom. The second-order valence-electron chi connectivity index (χ2n) is 7.22. The Morgan fingerprint density at radius 3 is 2.52 bits per heavy atom. The van der Waals surface area contributed by atoms with Crippen LogP contribution in [0.15, 0.2) is 48.5 Å². The molecule has 3 aromatic rings. The molecule has 9 heteroatoms. The molecule has 1 saturated heterocycles. The number of ether oxygens (including phenoxy) is 2. The maximum absolute atomic E-state index is 14.1. The Kier molecular flexibility index (Phi) is 5.07. The third kappa shape index (κ3) is 3.74. The van der Waals surface area contributed by atoms with Gasteiger partial charge in [-0.15, -0.1) is 10.2 Å². The van der Waals surface area contributed by atoms with E-state index in [-0.39, 0.29) is 17.4 Å². The van der Waals surface area contributed by atoms with E-state index in [1.165, 1.54) is 18.2 Å². The summed E-state index contributed by atoms with van der Waals surface area (Å²) >= 11 is 6.03. The normalized spacial score (nSPS) is 15.3. The summed E-state index contributed by atoms with van der Waals surface area (Å²) in [5.41, 5.74) is 1.54. The zero-order chi connectivity index (χ0) is 21.4. The average molecular weight is 441 g/mol. The van der Waals surface area contributed by atoms with Gasteiger partial charge in [-0.2, -0.15) is 0 Å². The first kappa shape index (κ1) is 19.6. The molecule has 7 nitrogen and oxygen atoms in total. The molecule has 0 unspecified atom stereocenters. The smallest absolute Gasteiger partial charge is 0.258 e. The molecule has 0 radical (unpaired) electrons. The second kappa shape index (κ2) is 8.03. The van der Waals surface area contributed by atoms with Crippen LogP contribution in [-0.4, -0.2) is 54.0 Å². The third-order valence-corrected chi connectivity index (χ3v) is 5.70. The van der Waals surface area contributed by atoms with Gasteiger partial charge >= 0.3 is 0 Å². The van der Waals surface area contributed by atoms with Gasteiger partial charge in [0.2, 0.25) is 6.79 Å². The summed E-state index contributed by atoms with van der Waals surface area (Å²) in [6.45, 7) is 2.23. The van der Waals surface area contributed by atoms with Crippen LogP contribution in [0.2, 0.25) is 5.02 Å². The Morgan fingerprint density at radius 1 is 0.968 bits per heavy atom. The lowest BCUT2D eigenvalue weighted by Gasteiger charge is -2.35. The summed E-state index contributed by atoms with van der Waals surface area (Å²) in [6, 6.07) is 13.7. The molecule has 2 aliphatic heterocycles. The first-order valence-corrected chi connectivity index (χ1v) is 10.2. The van der Waals surface area contributed by atoms with E-state index in [4.69, 9.17) is 21.1 Å². The molecule has 0 aliphatic carbocycles. The Hall–Kier alpha value is -3.39. The lowest BCUT2D eigenvalue weighted by molar-refractivity contribution is 0.0742. The predicted molar refractivity (Wildman–Crippen MR) is 113 cm³/mol. The minimum atomic E-state index is -0.607. The number of piperazine rings is 1. The van der Waals surface area contributed by atoms with E-state index in [1.54, 1.807) is 4.90 Å². The number of nitrogens with zero attached hydrogens (tertiary/aromatic N) is 4. The highest BCUT2D eigenvalue weighted by molar-refractivity contribution is 6.33. The van der Waals surface area contributed by atoms with E-state index in [9.17, 15) is 9.18 Å². The fourth-order valence-corrected chi connectivity index (χ4v) is 3.95. The molecule has 2 aromatic carbocycles. The van der Waals surface area contributed by atoms with Crippen molar-refractivity contribution in [2.45, 2.75) is 0 Å². The van der Waals surface area contributed by atoms with Crippen molar-refractivity contribution in [3.05, 3.63) is 64.9 Å². The van der Waals surface area contributed by atoms with Gasteiger partial charge in [-0.05, 0) is 42.5 Å². The lowest BCUT2D eigenvalue weighted by Crippen LogP contribution is -2.49. The summed E-state index contributed by atoms with van der Waals surface area (Å²) in [5, 5.41) is 8.81. The summed E-state index contributed by atoms with van der Waals surface area (Å²) < 4.78 is 24.8. The SMILES string of the molecule is O=C(c1c(F)cccc1Cl)N1CCN(c2ccc(-c3ccc4c(c3)OCO4)nn2)CC1. The van der Waals surface area contributed by atoms with Gasteiger partial charge in [-0.25, -0.2) is 4.39 Å². The highest BCUT2D eigenvalue weighted by Crippen LogP contribution is 2.35. The van der Waals surface area contributed by atoms with Crippen molar-refractivity contribution >= 4 is 23.3 Å². The van der Waals surface area contributed by atoms with Crippen molar-refractivity contribution in [2.24, 2.45) is 0 Å². The van der Waals surface area contributed by atoms with Crippen LogP contribution in [0.3, 0.4) is 0 Å². The Labute approximate surface area is 183 Å². The molecule has 0 saturated carbocycles. The molecule has 1 amide bonds. The largest absolute Gasteiger partial charge is 0.454 e. The highest BCUT2D eigenvalue weighted by Gasteiger charge is 2.26. The van der Waals surface area contributed by atoms with E-state index in [1.807, 2.05) is 35.2 Å².